The molecule has 1 saturated heterocycles. The van der Waals surface area contributed by atoms with Gasteiger partial charge in [0.1, 0.15) is 10.8 Å². The maximum Gasteiger partial charge on any atom is 0.271 e. The van der Waals surface area contributed by atoms with Crippen molar-refractivity contribution in [2.45, 2.75) is 6.10 Å². The second-order valence-electron chi connectivity index (χ2n) is 5.61. The lowest BCUT2D eigenvalue weighted by molar-refractivity contribution is 0.0921. The molecule has 0 saturated carbocycles. The van der Waals surface area contributed by atoms with Gasteiger partial charge < -0.3 is 20.5 Å². The van der Waals surface area contributed by atoms with Gasteiger partial charge in [0.2, 0.25) is 5.88 Å². The van der Waals surface area contributed by atoms with Crippen LogP contribution in [0.1, 0.15) is 10.5 Å². The summed E-state index contributed by atoms with van der Waals surface area (Å²) in [6, 6.07) is 8.01. The fraction of sp³-hybridized carbons (Fsp3) is 0.312. The highest BCUT2D eigenvalue weighted by Crippen LogP contribution is 2.33. The third-order valence-corrected chi connectivity index (χ3v) is 4.63. The number of aliphatic hydroxyl groups is 1. The van der Waals surface area contributed by atoms with Crippen molar-refractivity contribution in [3.63, 3.8) is 0 Å². The van der Waals surface area contributed by atoms with E-state index in [9.17, 15) is 9.90 Å². The van der Waals surface area contributed by atoms with Crippen molar-refractivity contribution < 1.29 is 14.6 Å². The van der Waals surface area contributed by atoms with Crippen LogP contribution < -0.4 is 15.4 Å². The molecule has 1 fully saturated rings. The predicted octanol–water partition coefficient (Wildman–Crippen LogP) is 1.89. The van der Waals surface area contributed by atoms with Crippen LogP contribution in [0.4, 0.5) is 0 Å². The minimum Gasteiger partial charge on any atom is -0.436 e. The summed E-state index contributed by atoms with van der Waals surface area (Å²) < 4.78 is 5.52. The van der Waals surface area contributed by atoms with Crippen LogP contribution in [0.3, 0.4) is 0 Å². The first-order chi connectivity index (χ1) is 12.0. The van der Waals surface area contributed by atoms with Crippen molar-refractivity contribution in [3.05, 3.63) is 46.1 Å². The van der Waals surface area contributed by atoms with E-state index in [0.717, 1.165) is 0 Å². The molecule has 2 heterocycles. The molecule has 132 valence electrons. The number of carbonyl (C=O) groups is 1. The number of benzene rings is 1. The van der Waals surface area contributed by atoms with Crippen LogP contribution in [0.15, 0.2) is 30.3 Å². The average Bonchev–Trinajstić information content (AvgIpc) is 3.02. The Morgan fingerprint density at radius 1 is 1.28 bits per heavy atom. The topological polar surface area (TPSA) is 96.4 Å². The Bertz CT molecular complexity index is 758. The van der Waals surface area contributed by atoms with Crippen molar-refractivity contribution >= 4 is 29.1 Å². The van der Waals surface area contributed by atoms with Crippen molar-refractivity contribution in [2.24, 2.45) is 5.92 Å². The van der Waals surface area contributed by atoms with Crippen molar-refractivity contribution in [3.8, 4) is 11.6 Å². The fourth-order valence-corrected chi connectivity index (χ4v) is 2.74. The summed E-state index contributed by atoms with van der Waals surface area (Å²) >= 11 is 12.0. The quantitative estimate of drug-likeness (QED) is 0.730. The number of ether oxygens (including phenoxy) is 1. The van der Waals surface area contributed by atoms with Gasteiger partial charge in [-0.15, -0.1) is 10.2 Å². The zero-order valence-corrected chi connectivity index (χ0v) is 14.6. The Morgan fingerprint density at radius 2 is 2.12 bits per heavy atom. The van der Waals surface area contributed by atoms with Crippen LogP contribution in [0.2, 0.25) is 10.0 Å². The largest absolute Gasteiger partial charge is 0.436 e. The van der Waals surface area contributed by atoms with Gasteiger partial charge in [-0.2, -0.15) is 0 Å². The number of aliphatic hydroxyl groups excluding tert-OH is 1. The molecule has 7 nitrogen and oxygen atoms in total. The number of β-amino-alcohol motifs (C(OH)–C–C–N with tert-alkyl or cyclic N) is 1. The predicted molar refractivity (Wildman–Crippen MR) is 93.3 cm³/mol. The Hall–Kier alpha value is -1.93. The van der Waals surface area contributed by atoms with Crippen LogP contribution in [0, 0.1) is 5.92 Å². The molecule has 1 amide bonds. The van der Waals surface area contributed by atoms with Gasteiger partial charge in [-0.3, -0.25) is 4.79 Å². The monoisotopic (exact) mass is 382 g/mol. The summed E-state index contributed by atoms with van der Waals surface area (Å²) in [4.78, 5) is 12.1. The smallest absolute Gasteiger partial charge is 0.271 e. The van der Waals surface area contributed by atoms with E-state index in [1.54, 1.807) is 18.2 Å². The van der Waals surface area contributed by atoms with Gasteiger partial charge in [0.25, 0.3) is 5.91 Å². The summed E-state index contributed by atoms with van der Waals surface area (Å²) in [7, 11) is 0. The summed E-state index contributed by atoms with van der Waals surface area (Å²) in [6.45, 7) is 1.57. The lowest BCUT2D eigenvalue weighted by Gasteiger charge is -2.13. The molecule has 2 unspecified atom stereocenters. The molecule has 3 rings (SSSR count). The molecule has 2 atom stereocenters. The van der Waals surface area contributed by atoms with Gasteiger partial charge in [0.05, 0.1) is 11.1 Å². The third kappa shape index (κ3) is 4.38. The van der Waals surface area contributed by atoms with Gasteiger partial charge in [0, 0.05) is 31.6 Å². The van der Waals surface area contributed by atoms with Gasteiger partial charge in [-0.25, -0.2) is 0 Å². The van der Waals surface area contributed by atoms with E-state index in [4.69, 9.17) is 27.9 Å². The summed E-state index contributed by atoms with van der Waals surface area (Å²) in [5.74, 6) is 0.169. The third-order valence-electron chi connectivity index (χ3n) is 3.83. The van der Waals surface area contributed by atoms with Crippen LogP contribution in [-0.4, -0.2) is 46.9 Å². The van der Waals surface area contributed by atoms with Crippen molar-refractivity contribution in [1.29, 1.82) is 0 Å². The molecule has 0 radical (unpaired) electrons. The fourth-order valence-electron chi connectivity index (χ4n) is 2.41. The first-order valence-electron chi connectivity index (χ1n) is 7.67. The highest BCUT2D eigenvalue weighted by atomic mass is 35.5. The Morgan fingerprint density at radius 3 is 2.80 bits per heavy atom. The zero-order chi connectivity index (χ0) is 17.8. The summed E-state index contributed by atoms with van der Waals surface area (Å²) in [6.07, 6.45) is -0.454. The number of rotatable bonds is 5. The number of nitrogens with one attached hydrogen (secondary N) is 2. The second kappa shape index (κ2) is 7.97. The maximum absolute atomic E-state index is 12.1. The van der Waals surface area contributed by atoms with E-state index in [1.165, 1.54) is 12.1 Å². The molecule has 2 aromatic rings. The molecule has 9 heteroatoms. The lowest BCUT2D eigenvalue weighted by Crippen LogP contribution is -2.34. The summed E-state index contributed by atoms with van der Waals surface area (Å²) in [5.41, 5.74) is 0.157. The number of halogens is 2. The maximum atomic E-state index is 12.1. The molecular weight excluding hydrogens is 367 g/mol. The second-order valence-corrected chi connectivity index (χ2v) is 6.39. The van der Waals surface area contributed by atoms with E-state index in [2.05, 4.69) is 20.8 Å². The molecule has 1 aromatic heterocycles. The molecule has 1 aliphatic rings. The van der Waals surface area contributed by atoms with Gasteiger partial charge in [-0.1, -0.05) is 29.3 Å². The Balaban J connectivity index is 1.59. The Kier molecular flexibility index (Phi) is 5.70. The normalized spacial score (nSPS) is 19.6. The first kappa shape index (κ1) is 17.9. The van der Waals surface area contributed by atoms with E-state index in [-0.39, 0.29) is 28.4 Å². The van der Waals surface area contributed by atoms with Crippen molar-refractivity contribution in [2.75, 3.05) is 19.6 Å². The molecule has 1 aliphatic heterocycles. The van der Waals surface area contributed by atoms with E-state index in [0.29, 0.717) is 30.4 Å². The van der Waals surface area contributed by atoms with Crippen LogP contribution in [0.5, 0.6) is 11.6 Å². The van der Waals surface area contributed by atoms with Gasteiger partial charge in [0.15, 0.2) is 5.69 Å². The summed E-state index contributed by atoms with van der Waals surface area (Å²) in [5, 5.41) is 23.9. The first-order valence-corrected chi connectivity index (χ1v) is 8.43. The number of aromatic nitrogens is 2. The zero-order valence-electron chi connectivity index (χ0n) is 13.1. The van der Waals surface area contributed by atoms with E-state index in [1.807, 2.05) is 0 Å². The Labute approximate surface area is 154 Å². The standard InChI is InChI=1S/C16H16Cl2N4O3/c17-10-2-1-3-13(15(10)18)25-14-5-4-11(21-22-14)16(24)20-7-9-6-19-8-12(9)23/h1-5,9,12,19,23H,6-8H2,(H,20,24). The number of hydrogen-bond acceptors (Lipinski definition) is 6. The van der Waals surface area contributed by atoms with Crippen LogP contribution in [-0.2, 0) is 0 Å². The minimum atomic E-state index is -0.454. The molecular formula is C16H16Cl2N4O3. The molecule has 3 N–H and O–H groups in total. The van der Waals surface area contributed by atoms with Crippen LogP contribution in [0.25, 0.3) is 0 Å². The molecule has 25 heavy (non-hydrogen) atoms. The molecule has 0 aliphatic carbocycles. The molecule has 1 aromatic carbocycles. The van der Waals surface area contributed by atoms with E-state index < -0.39 is 6.10 Å². The molecule has 0 spiro atoms. The van der Waals surface area contributed by atoms with Gasteiger partial charge in [-0.05, 0) is 18.2 Å². The average molecular weight is 383 g/mol. The number of hydrogen-bond donors (Lipinski definition) is 3. The van der Waals surface area contributed by atoms with Crippen LogP contribution >= 0.6 is 23.2 Å². The lowest BCUT2D eigenvalue weighted by atomic mass is 10.1. The SMILES string of the molecule is O=C(NCC1CNCC1O)c1ccc(Oc2cccc(Cl)c2Cl)nn1. The number of nitrogens with zero attached hydrogens (tertiary/aromatic N) is 2. The highest BCUT2D eigenvalue weighted by molar-refractivity contribution is 6.42. The minimum absolute atomic E-state index is 0.00973. The highest BCUT2D eigenvalue weighted by Gasteiger charge is 2.25. The van der Waals surface area contributed by atoms with E-state index >= 15 is 0 Å². The number of carbonyl (C=O) groups excluding carboxylic acids is 1. The van der Waals surface area contributed by atoms with Gasteiger partial charge >= 0.3 is 0 Å². The number of amides is 1. The molecule has 0 bridgehead atoms. The van der Waals surface area contributed by atoms with Crippen molar-refractivity contribution in [1.82, 2.24) is 20.8 Å².